The van der Waals surface area contributed by atoms with Crippen LogP contribution in [0, 0.1) is 5.41 Å². The van der Waals surface area contributed by atoms with E-state index < -0.39 is 5.41 Å². The summed E-state index contributed by atoms with van der Waals surface area (Å²) in [6, 6.07) is 1.78. The van der Waals surface area contributed by atoms with Gasteiger partial charge in [-0.15, -0.1) is 0 Å². The van der Waals surface area contributed by atoms with Crippen LogP contribution in [-0.2, 0) is 9.53 Å². The van der Waals surface area contributed by atoms with Gasteiger partial charge in [-0.1, -0.05) is 0 Å². The Morgan fingerprint density at radius 2 is 2.24 bits per heavy atom. The second kappa shape index (κ2) is 4.69. The van der Waals surface area contributed by atoms with Crippen molar-refractivity contribution < 1.29 is 9.53 Å². The van der Waals surface area contributed by atoms with E-state index in [9.17, 15) is 4.79 Å². The summed E-state index contributed by atoms with van der Waals surface area (Å²) < 4.78 is 5.11. The molecule has 1 saturated heterocycles. The van der Waals surface area contributed by atoms with Crippen LogP contribution in [0.25, 0.3) is 0 Å². The summed E-state index contributed by atoms with van der Waals surface area (Å²) in [5.41, 5.74) is -0.435. The van der Waals surface area contributed by atoms with Crippen LogP contribution in [0.3, 0.4) is 0 Å². The number of rotatable bonds is 3. The van der Waals surface area contributed by atoms with Gasteiger partial charge in [-0.05, 0) is 26.3 Å². The first-order valence-electron chi connectivity index (χ1n) is 5.85. The molecule has 0 radical (unpaired) electrons. The van der Waals surface area contributed by atoms with E-state index in [1.807, 2.05) is 18.7 Å². The molecule has 1 aromatic rings. The summed E-state index contributed by atoms with van der Waals surface area (Å²) in [6.45, 7) is 5.60. The van der Waals surface area contributed by atoms with E-state index in [1.165, 1.54) is 0 Å². The first kappa shape index (κ1) is 11.8. The minimum Gasteiger partial charge on any atom is -0.466 e. The molecule has 5 nitrogen and oxygen atoms in total. The Balaban J connectivity index is 2.07. The highest BCUT2D eigenvalue weighted by Crippen LogP contribution is 2.32. The third-order valence-electron chi connectivity index (χ3n) is 3.08. The van der Waals surface area contributed by atoms with E-state index in [2.05, 4.69) is 9.97 Å². The standard InChI is InChI=1S/C12H17N3O2/c1-3-17-10(16)12(2)5-8-15(9-12)11-13-6-4-7-14-11/h4,6-7H,3,5,8-9H2,1-2H3. The van der Waals surface area contributed by atoms with Crippen molar-refractivity contribution in [2.75, 3.05) is 24.6 Å². The van der Waals surface area contributed by atoms with Crippen LogP contribution in [0.5, 0.6) is 0 Å². The van der Waals surface area contributed by atoms with Crippen molar-refractivity contribution in [1.82, 2.24) is 9.97 Å². The molecule has 5 heteroatoms. The lowest BCUT2D eigenvalue weighted by Crippen LogP contribution is -2.34. The van der Waals surface area contributed by atoms with E-state index >= 15 is 0 Å². The van der Waals surface area contributed by atoms with E-state index in [-0.39, 0.29) is 5.97 Å². The van der Waals surface area contributed by atoms with Gasteiger partial charge in [0.25, 0.3) is 0 Å². The normalized spacial score (nSPS) is 23.8. The lowest BCUT2D eigenvalue weighted by molar-refractivity contribution is -0.153. The number of nitrogens with zero attached hydrogens (tertiary/aromatic N) is 3. The lowest BCUT2D eigenvalue weighted by Gasteiger charge is -2.22. The van der Waals surface area contributed by atoms with Gasteiger partial charge in [0.05, 0.1) is 12.0 Å². The number of esters is 1. The Hall–Kier alpha value is -1.65. The zero-order chi connectivity index (χ0) is 12.3. The minimum absolute atomic E-state index is 0.126. The van der Waals surface area contributed by atoms with Crippen molar-refractivity contribution in [3.8, 4) is 0 Å². The number of hydrogen-bond donors (Lipinski definition) is 0. The maximum Gasteiger partial charge on any atom is 0.313 e. The molecule has 0 bridgehead atoms. The Morgan fingerprint density at radius 3 is 2.88 bits per heavy atom. The number of carbonyl (C=O) groups excluding carboxylic acids is 1. The predicted octanol–water partition coefficient (Wildman–Crippen LogP) is 1.26. The van der Waals surface area contributed by atoms with E-state index in [4.69, 9.17) is 4.74 Å². The fraction of sp³-hybridized carbons (Fsp3) is 0.583. The third kappa shape index (κ3) is 2.38. The lowest BCUT2D eigenvalue weighted by atomic mass is 9.90. The molecule has 0 aliphatic carbocycles. The molecule has 1 fully saturated rings. The maximum absolute atomic E-state index is 11.9. The van der Waals surface area contributed by atoms with Gasteiger partial charge in [-0.25, -0.2) is 9.97 Å². The molecule has 0 aromatic carbocycles. The average Bonchev–Trinajstić information content (AvgIpc) is 2.75. The Bertz CT molecular complexity index is 396. The molecule has 2 rings (SSSR count). The predicted molar refractivity (Wildman–Crippen MR) is 63.6 cm³/mol. The Morgan fingerprint density at radius 1 is 1.53 bits per heavy atom. The highest BCUT2D eigenvalue weighted by Gasteiger charge is 2.42. The SMILES string of the molecule is CCOC(=O)C1(C)CCN(c2ncccn2)C1. The molecule has 1 aliphatic rings. The van der Waals surface area contributed by atoms with Crippen molar-refractivity contribution >= 4 is 11.9 Å². The van der Waals surface area contributed by atoms with E-state index in [1.54, 1.807) is 18.5 Å². The van der Waals surface area contributed by atoms with E-state index in [0.29, 0.717) is 19.1 Å². The molecule has 1 aromatic heterocycles. The molecule has 1 unspecified atom stereocenters. The molecule has 1 aliphatic heterocycles. The fourth-order valence-corrected chi connectivity index (χ4v) is 2.06. The molecule has 92 valence electrons. The van der Waals surface area contributed by atoms with Crippen molar-refractivity contribution in [3.63, 3.8) is 0 Å². The summed E-state index contributed by atoms with van der Waals surface area (Å²) >= 11 is 0. The van der Waals surface area contributed by atoms with Gasteiger partial charge in [0.2, 0.25) is 5.95 Å². The topological polar surface area (TPSA) is 55.3 Å². The molecular weight excluding hydrogens is 218 g/mol. The highest BCUT2D eigenvalue weighted by molar-refractivity contribution is 5.78. The summed E-state index contributed by atoms with van der Waals surface area (Å²) in [4.78, 5) is 22.3. The minimum atomic E-state index is -0.435. The monoisotopic (exact) mass is 235 g/mol. The fourth-order valence-electron chi connectivity index (χ4n) is 2.06. The molecule has 0 spiro atoms. The van der Waals surface area contributed by atoms with Gasteiger partial charge in [-0.3, -0.25) is 4.79 Å². The number of hydrogen-bond acceptors (Lipinski definition) is 5. The molecular formula is C12H17N3O2. The van der Waals surface area contributed by atoms with Crippen LogP contribution in [0.4, 0.5) is 5.95 Å². The second-order valence-corrected chi connectivity index (χ2v) is 4.50. The zero-order valence-corrected chi connectivity index (χ0v) is 10.2. The molecule has 0 saturated carbocycles. The summed E-state index contributed by atoms with van der Waals surface area (Å²) in [5, 5.41) is 0. The van der Waals surface area contributed by atoms with Crippen LogP contribution in [0.1, 0.15) is 20.3 Å². The Labute approximate surface area is 101 Å². The van der Waals surface area contributed by atoms with Gasteiger partial charge < -0.3 is 9.64 Å². The van der Waals surface area contributed by atoms with Crippen molar-refractivity contribution in [2.24, 2.45) is 5.41 Å². The van der Waals surface area contributed by atoms with Gasteiger partial charge >= 0.3 is 5.97 Å². The first-order chi connectivity index (χ1) is 8.15. The molecule has 0 amide bonds. The number of carbonyl (C=O) groups is 1. The van der Waals surface area contributed by atoms with Crippen LogP contribution in [0.2, 0.25) is 0 Å². The number of ether oxygens (including phenoxy) is 1. The van der Waals surface area contributed by atoms with Crippen LogP contribution < -0.4 is 4.90 Å². The van der Waals surface area contributed by atoms with Gasteiger partial charge in [0.15, 0.2) is 0 Å². The highest BCUT2D eigenvalue weighted by atomic mass is 16.5. The molecule has 0 N–H and O–H groups in total. The largest absolute Gasteiger partial charge is 0.466 e. The second-order valence-electron chi connectivity index (χ2n) is 4.50. The molecule has 17 heavy (non-hydrogen) atoms. The number of aromatic nitrogens is 2. The van der Waals surface area contributed by atoms with Crippen molar-refractivity contribution in [1.29, 1.82) is 0 Å². The summed E-state index contributed by atoms with van der Waals surface area (Å²) in [6.07, 6.45) is 4.20. The van der Waals surface area contributed by atoms with Gasteiger partial charge in [-0.2, -0.15) is 0 Å². The van der Waals surface area contributed by atoms with Gasteiger partial charge in [0.1, 0.15) is 0 Å². The van der Waals surface area contributed by atoms with Crippen molar-refractivity contribution in [2.45, 2.75) is 20.3 Å². The Kier molecular flexibility index (Phi) is 3.26. The maximum atomic E-state index is 11.9. The third-order valence-corrected chi connectivity index (χ3v) is 3.08. The summed E-state index contributed by atoms with van der Waals surface area (Å²) in [7, 11) is 0. The summed E-state index contributed by atoms with van der Waals surface area (Å²) in [5.74, 6) is 0.555. The van der Waals surface area contributed by atoms with Gasteiger partial charge in [0, 0.05) is 25.5 Å². The average molecular weight is 235 g/mol. The van der Waals surface area contributed by atoms with E-state index in [0.717, 1.165) is 13.0 Å². The van der Waals surface area contributed by atoms with Crippen LogP contribution in [0.15, 0.2) is 18.5 Å². The smallest absolute Gasteiger partial charge is 0.313 e. The zero-order valence-electron chi connectivity index (χ0n) is 10.2. The number of anilines is 1. The molecule has 1 atom stereocenters. The quantitative estimate of drug-likeness (QED) is 0.738. The van der Waals surface area contributed by atoms with Crippen molar-refractivity contribution in [3.05, 3.63) is 18.5 Å². The first-order valence-corrected chi connectivity index (χ1v) is 5.85. The van der Waals surface area contributed by atoms with Crippen LogP contribution >= 0.6 is 0 Å². The van der Waals surface area contributed by atoms with Crippen LogP contribution in [-0.4, -0.2) is 35.6 Å². The molecule has 2 heterocycles.